The highest BCUT2D eigenvalue weighted by Crippen LogP contribution is 2.36. The number of nitrogens with zero attached hydrogens (tertiary/aromatic N) is 2. The van der Waals surface area contributed by atoms with Gasteiger partial charge in [0, 0.05) is 23.4 Å². The summed E-state index contributed by atoms with van der Waals surface area (Å²) in [6.07, 6.45) is 2.43. The fourth-order valence-corrected chi connectivity index (χ4v) is 4.22. The van der Waals surface area contributed by atoms with Gasteiger partial charge in [0.05, 0.1) is 28.2 Å². The van der Waals surface area contributed by atoms with Crippen LogP contribution in [0.25, 0.3) is 11.3 Å². The summed E-state index contributed by atoms with van der Waals surface area (Å²) in [6, 6.07) is 17.7. The maximum Gasteiger partial charge on any atom is 0.259 e. The topological polar surface area (TPSA) is 78.1 Å². The smallest absolute Gasteiger partial charge is 0.259 e. The van der Waals surface area contributed by atoms with Crippen LogP contribution < -0.4 is 10.2 Å². The number of H-pyrrole nitrogens is 1. The van der Waals surface area contributed by atoms with Crippen molar-refractivity contribution in [3.8, 4) is 11.3 Å². The number of anilines is 2. The van der Waals surface area contributed by atoms with Gasteiger partial charge in [0.25, 0.3) is 11.8 Å². The average Bonchev–Trinajstić information content (AvgIpc) is 3.22. The third-order valence-electron chi connectivity index (χ3n) is 5.58. The quantitative estimate of drug-likeness (QED) is 0.434. The molecule has 5 rings (SSSR count). The lowest BCUT2D eigenvalue weighted by Crippen LogP contribution is -2.32. The van der Waals surface area contributed by atoms with E-state index in [1.807, 2.05) is 24.3 Å². The molecule has 0 bridgehead atoms. The molecule has 3 aromatic carbocycles. The van der Waals surface area contributed by atoms with Crippen LogP contribution in [-0.4, -0.2) is 28.6 Å². The van der Waals surface area contributed by atoms with Crippen LogP contribution in [0.5, 0.6) is 0 Å². The van der Waals surface area contributed by atoms with Crippen LogP contribution >= 0.6 is 11.6 Å². The zero-order valence-electron chi connectivity index (χ0n) is 17.3. The van der Waals surface area contributed by atoms with Crippen LogP contribution in [0.2, 0.25) is 5.02 Å². The first-order valence-electron chi connectivity index (χ1n) is 10.3. The lowest BCUT2D eigenvalue weighted by molar-refractivity contribution is 0.0986. The van der Waals surface area contributed by atoms with E-state index in [4.69, 9.17) is 11.6 Å². The number of rotatable bonds is 3. The molecule has 2 amide bonds. The normalized spacial score (nSPS) is 12.5. The van der Waals surface area contributed by atoms with Crippen LogP contribution in [0, 0.1) is 5.82 Å². The highest BCUT2D eigenvalue weighted by atomic mass is 35.5. The molecule has 6 nitrogen and oxygen atoms in total. The number of aromatic nitrogens is 2. The Morgan fingerprint density at radius 1 is 1.06 bits per heavy atom. The molecule has 1 aliphatic rings. The van der Waals surface area contributed by atoms with E-state index in [-0.39, 0.29) is 16.5 Å². The van der Waals surface area contributed by atoms with Crippen molar-refractivity contribution in [2.75, 3.05) is 16.8 Å². The third-order valence-corrected chi connectivity index (χ3v) is 5.89. The van der Waals surface area contributed by atoms with Crippen LogP contribution in [0.15, 0.2) is 72.9 Å². The number of carbonyl (C=O) groups is 2. The van der Waals surface area contributed by atoms with Gasteiger partial charge in [-0.3, -0.25) is 14.7 Å². The molecular formula is C25H18ClFN4O2. The minimum absolute atomic E-state index is 0.185. The number of nitrogens with one attached hydrogen (secondary N) is 2. The third kappa shape index (κ3) is 3.99. The highest BCUT2D eigenvalue weighted by molar-refractivity contribution is 6.35. The summed E-state index contributed by atoms with van der Waals surface area (Å²) in [7, 11) is 0. The Hall–Kier alpha value is -3.97. The number of benzene rings is 3. The van der Waals surface area contributed by atoms with Gasteiger partial charge in [-0.2, -0.15) is 5.10 Å². The van der Waals surface area contributed by atoms with Crippen LogP contribution in [-0.2, 0) is 6.42 Å². The molecule has 0 fully saturated rings. The van der Waals surface area contributed by atoms with Crippen molar-refractivity contribution in [2.24, 2.45) is 0 Å². The number of aromatic amines is 1. The summed E-state index contributed by atoms with van der Waals surface area (Å²) in [6.45, 7) is 0.469. The fraction of sp³-hybridized carbons (Fsp3) is 0.0800. The van der Waals surface area contributed by atoms with Crippen molar-refractivity contribution in [3.05, 3.63) is 100 Å². The van der Waals surface area contributed by atoms with E-state index < -0.39 is 11.7 Å². The van der Waals surface area contributed by atoms with Crippen molar-refractivity contribution in [2.45, 2.75) is 6.42 Å². The maximum absolute atomic E-state index is 13.5. The number of carbonyl (C=O) groups excluding carboxylic acids is 2. The molecule has 0 spiro atoms. The minimum Gasteiger partial charge on any atom is -0.322 e. The van der Waals surface area contributed by atoms with Gasteiger partial charge in [0.15, 0.2) is 0 Å². The first kappa shape index (κ1) is 20.9. The fourth-order valence-electron chi connectivity index (χ4n) is 3.96. The second-order valence-electron chi connectivity index (χ2n) is 7.65. The van der Waals surface area contributed by atoms with Crippen LogP contribution in [0.3, 0.4) is 0 Å². The molecule has 1 aromatic heterocycles. The standard InChI is InChI=1S/C25H18ClFN4O2/c26-21-13-18(29-24(32)15-4-3-5-17(27)12-15)8-9-19(21)25(33)31-11-10-16-14-28-30-23(16)20-6-1-2-7-22(20)31/h1-9,12-14H,10-11H2,(H,28,30)(H,29,32). The summed E-state index contributed by atoms with van der Waals surface area (Å²) in [5, 5.41) is 10.1. The number of amides is 2. The number of para-hydroxylation sites is 1. The van der Waals surface area contributed by atoms with Gasteiger partial charge in [-0.25, -0.2) is 4.39 Å². The zero-order valence-corrected chi connectivity index (χ0v) is 18.1. The molecule has 4 aromatic rings. The van der Waals surface area contributed by atoms with E-state index in [2.05, 4.69) is 15.5 Å². The van der Waals surface area contributed by atoms with E-state index in [1.165, 1.54) is 24.3 Å². The van der Waals surface area contributed by atoms with Crippen molar-refractivity contribution in [3.63, 3.8) is 0 Å². The number of hydrogen-bond acceptors (Lipinski definition) is 3. The lowest BCUT2D eigenvalue weighted by atomic mass is 10.1. The molecule has 0 radical (unpaired) electrons. The molecule has 2 N–H and O–H groups in total. The summed E-state index contributed by atoms with van der Waals surface area (Å²) >= 11 is 6.46. The minimum atomic E-state index is -0.499. The molecule has 8 heteroatoms. The molecule has 2 heterocycles. The summed E-state index contributed by atoms with van der Waals surface area (Å²) in [5.74, 6) is -1.21. The Morgan fingerprint density at radius 3 is 2.73 bits per heavy atom. The first-order chi connectivity index (χ1) is 16.0. The van der Waals surface area contributed by atoms with Crippen molar-refractivity contribution in [1.82, 2.24) is 10.2 Å². The Kier molecular flexibility index (Phi) is 5.40. The van der Waals surface area contributed by atoms with Gasteiger partial charge >= 0.3 is 0 Å². The van der Waals surface area contributed by atoms with Gasteiger partial charge in [0.2, 0.25) is 0 Å². The molecular weight excluding hydrogens is 443 g/mol. The largest absolute Gasteiger partial charge is 0.322 e. The van der Waals surface area contributed by atoms with Crippen molar-refractivity contribution >= 4 is 34.8 Å². The Balaban J connectivity index is 1.41. The molecule has 0 atom stereocenters. The predicted octanol–water partition coefficient (Wildman–Crippen LogP) is 5.32. The summed E-state index contributed by atoms with van der Waals surface area (Å²) in [5.41, 5.74) is 4.52. The maximum atomic E-state index is 13.5. The highest BCUT2D eigenvalue weighted by Gasteiger charge is 2.27. The lowest BCUT2D eigenvalue weighted by Gasteiger charge is -2.23. The van der Waals surface area contributed by atoms with E-state index in [9.17, 15) is 14.0 Å². The Labute approximate surface area is 194 Å². The Bertz CT molecular complexity index is 1380. The molecule has 33 heavy (non-hydrogen) atoms. The van der Waals surface area contributed by atoms with Gasteiger partial charge in [-0.15, -0.1) is 0 Å². The number of hydrogen-bond donors (Lipinski definition) is 2. The van der Waals surface area contributed by atoms with Crippen molar-refractivity contribution in [1.29, 1.82) is 0 Å². The summed E-state index contributed by atoms with van der Waals surface area (Å²) < 4.78 is 13.4. The zero-order chi connectivity index (χ0) is 22.9. The molecule has 0 unspecified atom stereocenters. The molecule has 0 aliphatic carbocycles. The predicted molar refractivity (Wildman–Crippen MR) is 125 cm³/mol. The van der Waals surface area contributed by atoms with Crippen LogP contribution in [0.1, 0.15) is 26.3 Å². The second-order valence-corrected chi connectivity index (χ2v) is 8.06. The van der Waals surface area contributed by atoms with Gasteiger partial charge < -0.3 is 10.2 Å². The number of halogens is 2. The second kappa shape index (κ2) is 8.52. The van der Waals surface area contributed by atoms with Crippen LogP contribution in [0.4, 0.5) is 15.8 Å². The van der Waals surface area contributed by atoms with Gasteiger partial charge in [-0.05, 0) is 54.4 Å². The average molecular weight is 461 g/mol. The molecule has 0 saturated carbocycles. The number of fused-ring (bicyclic) bond motifs is 3. The van der Waals surface area contributed by atoms with Gasteiger partial charge in [0.1, 0.15) is 5.82 Å². The van der Waals surface area contributed by atoms with E-state index >= 15 is 0 Å². The monoisotopic (exact) mass is 460 g/mol. The van der Waals surface area contributed by atoms with E-state index in [1.54, 1.807) is 23.2 Å². The SMILES string of the molecule is O=C(Nc1ccc(C(=O)N2CCc3cn[nH]c3-c3ccccc32)c(Cl)c1)c1cccc(F)c1. The first-order valence-corrected chi connectivity index (χ1v) is 10.7. The summed E-state index contributed by atoms with van der Waals surface area (Å²) in [4.78, 5) is 27.6. The Morgan fingerprint density at radius 2 is 1.91 bits per heavy atom. The van der Waals surface area contributed by atoms with Crippen molar-refractivity contribution < 1.29 is 14.0 Å². The van der Waals surface area contributed by atoms with Gasteiger partial charge in [-0.1, -0.05) is 35.9 Å². The molecule has 164 valence electrons. The molecule has 0 saturated heterocycles. The molecule has 1 aliphatic heterocycles. The van der Waals surface area contributed by atoms with E-state index in [0.717, 1.165) is 28.6 Å². The van der Waals surface area contributed by atoms with E-state index in [0.29, 0.717) is 24.2 Å².